The quantitative estimate of drug-likeness (QED) is 0.833. The van der Waals surface area contributed by atoms with E-state index in [1.54, 1.807) is 36.0 Å². The minimum Gasteiger partial charge on any atom is -0.465 e. The molecule has 0 unspecified atom stereocenters. The fourth-order valence-corrected chi connectivity index (χ4v) is 1.87. The van der Waals surface area contributed by atoms with Crippen LogP contribution in [0.1, 0.15) is 24.2 Å². The Balaban J connectivity index is 2.72. The second-order valence-corrected chi connectivity index (χ2v) is 5.51. The first-order valence-corrected chi connectivity index (χ1v) is 6.68. The molecule has 18 heavy (non-hydrogen) atoms. The lowest BCUT2D eigenvalue weighted by molar-refractivity contribution is -0.113. The van der Waals surface area contributed by atoms with E-state index in [0.717, 1.165) is 0 Å². The van der Waals surface area contributed by atoms with Gasteiger partial charge in [-0.1, -0.05) is 26.0 Å². The summed E-state index contributed by atoms with van der Waals surface area (Å²) in [6.45, 7) is 4.06. The number of carbonyl (C=O) groups is 2. The van der Waals surface area contributed by atoms with Crippen LogP contribution in [0.15, 0.2) is 24.3 Å². The van der Waals surface area contributed by atoms with Gasteiger partial charge in [0, 0.05) is 0 Å². The summed E-state index contributed by atoms with van der Waals surface area (Å²) >= 11 is 1.55. The summed E-state index contributed by atoms with van der Waals surface area (Å²) in [4.78, 5) is 23.2. The third kappa shape index (κ3) is 4.41. The second kappa shape index (κ2) is 7.06. The Morgan fingerprint density at radius 1 is 1.33 bits per heavy atom. The Morgan fingerprint density at radius 2 is 2.00 bits per heavy atom. The van der Waals surface area contributed by atoms with E-state index in [9.17, 15) is 9.59 Å². The van der Waals surface area contributed by atoms with Crippen molar-refractivity contribution in [1.29, 1.82) is 0 Å². The maximum atomic E-state index is 11.7. The van der Waals surface area contributed by atoms with Gasteiger partial charge >= 0.3 is 5.97 Å². The van der Waals surface area contributed by atoms with Crippen molar-refractivity contribution in [3.05, 3.63) is 29.8 Å². The minimum atomic E-state index is -0.456. The van der Waals surface area contributed by atoms with Gasteiger partial charge in [-0.25, -0.2) is 4.79 Å². The van der Waals surface area contributed by atoms with Gasteiger partial charge in [-0.05, 0) is 17.4 Å². The van der Waals surface area contributed by atoms with E-state index >= 15 is 0 Å². The molecule has 0 radical (unpaired) electrons. The highest BCUT2D eigenvalue weighted by Gasteiger charge is 2.13. The van der Waals surface area contributed by atoms with Gasteiger partial charge in [0.2, 0.25) is 5.91 Å². The molecule has 0 aliphatic rings. The Labute approximate surface area is 111 Å². The monoisotopic (exact) mass is 267 g/mol. The molecule has 5 heteroatoms. The lowest BCUT2D eigenvalue weighted by Gasteiger charge is -2.10. The number of carbonyl (C=O) groups excluding carboxylic acids is 2. The molecule has 1 aromatic carbocycles. The summed E-state index contributed by atoms with van der Waals surface area (Å²) in [5, 5.41) is 3.12. The molecule has 1 N–H and O–H groups in total. The zero-order valence-corrected chi connectivity index (χ0v) is 11.5. The molecule has 0 bridgehead atoms. The van der Waals surface area contributed by atoms with Crippen LogP contribution in [0.4, 0.5) is 5.69 Å². The number of benzene rings is 1. The van der Waals surface area contributed by atoms with Gasteiger partial charge in [-0.3, -0.25) is 4.79 Å². The number of hydrogen-bond acceptors (Lipinski definition) is 4. The highest BCUT2D eigenvalue weighted by atomic mass is 32.2. The van der Waals surface area contributed by atoms with Gasteiger partial charge in [0.1, 0.15) is 0 Å². The van der Waals surface area contributed by atoms with Gasteiger partial charge in [-0.2, -0.15) is 0 Å². The summed E-state index contributed by atoms with van der Waals surface area (Å²) in [6.07, 6.45) is 0. The highest BCUT2D eigenvalue weighted by molar-refractivity contribution is 8.00. The van der Waals surface area contributed by atoms with Crippen molar-refractivity contribution >= 4 is 29.3 Å². The molecule has 0 spiro atoms. The third-order valence-corrected chi connectivity index (χ3v) is 3.25. The molecule has 98 valence electrons. The van der Waals surface area contributed by atoms with Crippen LogP contribution in [-0.2, 0) is 9.53 Å². The molecular formula is C13H17NO3S. The second-order valence-electron chi connectivity index (χ2n) is 3.95. The number of thioether (sulfide) groups is 1. The molecule has 0 saturated heterocycles. The SMILES string of the molecule is COC(=O)c1ccccc1NC(=O)CSC(C)C. The molecule has 0 atom stereocenters. The Bertz CT molecular complexity index is 432. The molecule has 0 aliphatic heterocycles. The summed E-state index contributed by atoms with van der Waals surface area (Å²) in [7, 11) is 1.32. The van der Waals surface area contributed by atoms with Crippen molar-refractivity contribution in [3.63, 3.8) is 0 Å². The van der Waals surface area contributed by atoms with E-state index in [-0.39, 0.29) is 5.91 Å². The predicted molar refractivity (Wildman–Crippen MR) is 74.0 cm³/mol. The molecule has 1 aromatic rings. The van der Waals surface area contributed by atoms with Gasteiger partial charge < -0.3 is 10.1 Å². The Kier molecular flexibility index (Phi) is 5.71. The molecule has 0 saturated carbocycles. The molecule has 0 aromatic heterocycles. The predicted octanol–water partition coefficient (Wildman–Crippen LogP) is 2.55. The summed E-state index contributed by atoms with van der Waals surface area (Å²) < 4.78 is 4.66. The van der Waals surface area contributed by atoms with Crippen molar-refractivity contribution in [2.75, 3.05) is 18.2 Å². The van der Waals surface area contributed by atoms with E-state index in [1.807, 2.05) is 13.8 Å². The van der Waals surface area contributed by atoms with Crippen LogP contribution >= 0.6 is 11.8 Å². The van der Waals surface area contributed by atoms with Crippen molar-refractivity contribution in [1.82, 2.24) is 0 Å². The zero-order valence-electron chi connectivity index (χ0n) is 10.7. The van der Waals surface area contributed by atoms with Crippen LogP contribution in [0, 0.1) is 0 Å². The first-order valence-electron chi connectivity index (χ1n) is 5.63. The van der Waals surface area contributed by atoms with Crippen LogP contribution in [0.25, 0.3) is 0 Å². The largest absolute Gasteiger partial charge is 0.465 e. The first-order chi connectivity index (χ1) is 8.54. The van der Waals surface area contributed by atoms with Crippen LogP contribution in [0.2, 0.25) is 0 Å². The third-order valence-electron chi connectivity index (χ3n) is 2.15. The number of rotatable bonds is 5. The minimum absolute atomic E-state index is 0.120. The highest BCUT2D eigenvalue weighted by Crippen LogP contribution is 2.17. The van der Waals surface area contributed by atoms with Gasteiger partial charge in [0.15, 0.2) is 0 Å². The Morgan fingerprint density at radius 3 is 2.61 bits per heavy atom. The summed E-state index contributed by atoms with van der Waals surface area (Å²) in [5.74, 6) is -0.208. The molecular weight excluding hydrogens is 250 g/mol. The number of anilines is 1. The number of hydrogen-bond donors (Lipinski definition) is 1. The molecule has 0 fully saturated rings. The normalized spacial score (nSPS) is 10.2. The number of esters is 1. The van der Waals surface area contributed by atoms with Crippen LogP contribution in [-0.4, -0.2) is 30.0 Å². The van der Waals surface area contributed by atoms with Crippen molar-refractivity contribution < 1.29 is 14.3 Å². The summed E-state index contributed by atoms with van der Waals surface area (Å²) in [6, 6.07) is 6.80. The van der Waals surface area contributed by atoms with Crippen molar-refractivity contribution in [2.24, 2.45) is 0 Å². The topological polar surface area (TPSA) is 55.4 Å². The fourth-order valence-electron chi connectivity index (χ4n) is 1.31. The van der Waals surface area contributed by atoms with E-state index in [2.05, 4.69) is 10.1 Å². The first kappa shape index (κ1) is 14.6. The van der Waals surface area contributed by atoms with Crippen molar-refractivity contribution in [3.8, 4) is 0 Å². The van der Waals surface area contributed by atoms with Crippen molar-refractivity contribution in [2.45, 2.75) is 19.1 Å². The maximum absolute atomic E-state index is 11.7. The molecule has 4 nitrogen and oxygen atoms in total. The van der Waals surface area contributed by atoms with E-state index in [0.29, 0.717) is 22.3 Å². The average molecular weight is 267 g/mol. The number of amides is 1. The van der Waals surface area contributed by atoms with Crippen LogP contribution in [0.5, 0.6) is 0 Å². The molecule has 1 rings (SSSR count). The van der Waals surface area contributed by atoms with Gasteiger partial charge in [0.25, 0.3) is 0 Å². The Hall–Kier alpha value is -1.49. The lowest BCUT2D eigenvalue weighted by Crippen LogP contribution is -2.17. The zero-order chi connectivity index (χ0) is 13.5. The fraction of sp³-hybridized carbons (Fsp3) is 0.385. The number of nitrogens with one attached hydrogen (secondary N) is 1. The molecule has 0 aliphatic carbocycles. The number of methoxy groups -OCH3 is 1. The van der Waals surface area contributed by atoms with E-state index < -0.39 is 5.97 Å². The maximum Gasteiger partial charge on any atom is 0.339 e. The van der Waals surface area contributed by atoms with E-state index in [4.69, 9.17) is 0 Å². The average Bonchev–Trinajstić information content (AvgIpc) is 2.36. The number of para-hydroxylation sites is 1. The van der Waals surface area contributed by atoms with Gasteiger partial charge in [0.05, 0.1) is 24.1 Å². The van der Waals surface area contributed by atoms with E-state index in [1.165, 1.54) is 7.11 Å². The molecule has 0 heterocycles. The lowest BCUT2D eigenvalue weighted by atomic mass is 10.2. The van der Waals surface area contributed by atoms with Gasteiger partial charge in [-0.15, -0.1) is 11.8 Å². The standard InChI is InChI=1S/C13H17NO3S/c1-9(2)18-8-12(15)14-11-7-5-4-6-10(11)13(16)17-3/h4-7,9H,8H2,1-3H3,(H,14,15). The van der Waals surface area contributed by atoms with Crippen LogP contribution < -0.4 is 5.32 Å². The molecule has 1 amide bonds. The number of ether oxygens (including phenoxy) is 1. The van der Waals surface area contributed by atoms with Crippen LogP contribution in [0.3, 0.4) is 0 Å². The summed E-state index contributed by atoms with van der Waals surface area (Å²) in [5.41, 5.74) is 0.849. The smallest absolute Gasteiger partial charge is 0.339 e.